The lowest BCUT2D eigenvalue weighted by Gasteiger charge is -2.40. The molecule has 120 valence electrons. The molecule has 2 heterocycles. The summed E-state index contributed by atoms with van der Waals surface area (Å²) in [4.78, 5) is 32.8. The van der Waals surface area contributed by atoms with E-state index in [0.29, 0.717) is 31.3 Å². The normalized spacial score (nSPS) is 31.1. The molecule has 2 fully saturated rings. The zero-order chi connectivity index (χ0) is 15.9. The zero-order valence-electron chi connectivity index (χ0n) is 13.1. The van der Waals surface area contributed by atoms with E-state index in [9.17, 15) is 14.7 Å². The van der Waals surface area contributed by atoms with Gasteiger partial charge in [0.1, 0.15) is 11.4 Å². The number of aliphatic hydroxyl groups is 1. The molecule has 1 aromatic rings. The fraction of sp³-hybridized carbons (Fsp3) is 0.688. The molecule has 22 heavy (non-hydrogen) atoms. The van der Waals surface area contributed by atoms with Crippen LogP contribution in [0.3, 0.4) is 0 Å². The first-order valence-corrected chi connectivity index (χ1v) is 8.02. The van der Waals surface area contributed by atoms with Crippen LogP contribution in [-0.4, -0.2) is 44.6 Å². The maximum Gasteiger partial charge on any atom is 0.263 e. The lowest BCUT2D eigenvalue weighted by atomic mass is 9.69. The summed E-state index contributed by atoms with van der Waals surface area (Å²) in [5.74, 6) is 0.673. The van der Waals surface area contributed by atoms with Gasteiger partial charge in [-0.2, -0.15) is 0 Å². The molecule has 1 aromatic heterocycles. The predicted octanol–water partition coefficient (Wildman–Crippen LogP) is 1.09. The van der Waals surface area contributed by atoms with Crippen molar-refractivity contribution in [2.75, 3.05) is 13.1 Å². The molecular formula is C16H23N3O3. The van der Waals surface area contributed by atoms with E-state index in [1.165, 1.54) is 6.20 Å². The summed E-state index contributed by atoms with van der Waals surface area (Å²) < 4.78 is 0. The summed E-state index contributed by atoms with van der Waals surface area (Å²) in [6, 6.07) is 0. The summed E-state index contributed by atoms with van der Waals surface area (Å²) in [5.41, 5.74) is -0.974. The van der Waals surface area contributed by atoms with Crippen LogP contribution in [0.25, 0.3) is 0 Å². The van der Waals surface area contributed by atoms with Gasteiger partial charge in [-0.1, -0.05) is 13.3 Å². The number of nitrogens with zero attached hydrogens (tertiary/aromatic N) is 2. The van der Waals surface area contributed by atoms with E-state index in [1.54, 1.807) is 11.8 Å². The molecule has 6 nitrogen and oxygen atoms in total. The molecule has 1 aliphatic carbocycles. The van der Waals surface area contributed by atoms with E-state index in [4.69, 9.17) is 0 Å². The Morgan fingerprint density at radius 1 is 1.55 bits per heavy atom. The summed E-state index contributed by atoms with van der Waals surface area (Å²) in [5, 5.41) is 10.8. The van der Waals surface area contributed by atoms with Crippen LogP contribution in [0.15, 0.2) is 11.0 Å². The summed E-state index contributed by atoms with van der Waals surface area (Å²) >= 11 is 0. The first-order chi connectivity index (χ1) is 10.4. The number of nitrogens with one attached hydrogen (secondary N) is 1. The van der Waals surface area contributed by atoms with Crippen molar-refractivity contribution in [1.29, 1.82) is 0 Å². The SMILES string of the molecule is CC[C@]1(O)CCC[C@H]2CN(C(=O)c3cnc(C)[nH]c3=O)C[C@H]21. The number of hydrogen-bond acceptors (Lipinski definition) is 4. The second-order valence-corrected chi connectivity index (χ2v) is 6.64. The van der Waals surface area contributed by atoms with Crippen LogP contribution in [0.1, 0.15) is 48.8 Å². The van der Waals surface area contributed by atoms with Crippen LogP contribution in [0.2, 0.25) is 0 Å². The molecule has 0 spiro atoms. The highest BCUT2D eigenvalue weighted by Crippen LogP contribution is 2.44. The van der Waals surface area contributed by atoms with Gasteiger partial charge in [-0.05, 0) is 32.1 Å². The van der Waals surface area contributed by atoms with Crippen LogP contribution in [0.4, 0.5) is 0 Å². The highest BCUT2D eigenvalue weighted by molar-refractivity contribution is 5.93. The highest BCUT2D eigenvalue weighted by Gasteiger charge is 2.48. The van der Waals surface area contributed by atoms with E-state index >= 15 is 0 Å². The maximum absolute atomic E-state index is 12.6. The molecule has 3 atom stereocenters. The number of likely N-dealkylation sites (tertiary alicyclic amines) is 1. The lowest BCUT2D eigenvalue weighted by Crippen LogP contribution is -2.44. The molecule has 0 aromatic carbocycles. The Labute approximate surface area is 129 Å². The second-order valence-electron chi connectivity index (χ2n) is 6.64. The van der Waals surface area contributed by atoms with Gasteiger partial charge in [0, 0.05) is 25.2 Å². The van der Waals surface area contributed by atoms with E-state index in [2.05, 4.69) is 9.97 Å². The van der Waals surface area contributed by atoms with Gasteiger partial charge in [0.25, 0.3) is 11.5 Å². The Balaban J connectivity index is 1.82. The van der Waals surface area contributed by atoms with Crippen LogP contribution in [0, 0.1) is 18.8 Å². The third kappa shape index (κ3) is 2.45. The number of carbonyl (C=O) groups is 1. The molecule has 6 heteroatoms. The van der Waals surface area contributed by atoms with Crippen molar-refractivity contribution in [3.8, 4) is 0 Å². The number of aromatic amines is 1. The molecule has 1 amide bonds. The Morgan fingerprint density at radius 3 is 3.00 bits per heavy atom. The standard InChI is InChI=1S/C16H23N3O3/c1-3-16(22)6-4-5-11-8-19(9-13(11)16)15(21)12-7-17-10(2)18-14(12)20/h7,11,13,22H,3-6,8-9H2,1-2H3,(H,17,18,20)/t11-,13+,16-/m0/s1. The van der Waals surface area contributed by atoms with Gasteiger partial charge >= 0.3 is 0 Å². The van der Waals surface area contributed by atoms with Gasteiger partial charge in [-0.15, -0.1) is 0 Å². The average molecular weight is 305 g/mol. The van der Waals surface area contributed by atoms with Crippen LogP contribution in [0.5, 0.6) is 0 Å². The fourth-order valence-electron chi connectivity index (χ4n) is 4.04. The van der Waals surface area contributed by atoms with Crippen molar-refractivity contribution < 1.29 is 9.90 Å². The van der Waals surface area contributed by atoms with Gasteiger partial charge < -0.3 is 15.0 Å². The molecule has 1 saturated heterocycles. The number of aromatic nitrogens is 2. The minimum absolute atomic E-state index is 0.0873. The van der Waals surface area contributed by atoms with Crippen LogP contribution in [-0.2, 0) is 0 Å². The van der Waals surface area contributed by atoms with Gasteiger partial charge in [0.2, 0.25) is 0 Å². The molecule has 2 N–H and O–H groups in total. The predicted molar refractivity (Wildman–Crippen MR) is 81.6 cm³/mol. The zero-order valence-corrected chi connectivity index (χ0v) is 13.1. The molecule has 2 aliphatic rings. The minimum Gasteiger partial charge on any atom is -0.390 e. The molecule has 1 aliphatic heterocycles. The number of hydrogen-bond donors (Lipinski definition) is 2. The largest absolute Gasteiger partial charge is 0.390 e. The molecule has 1 saturated carbocycles. The summed E-state index contributed by atoms with van der Waals surface area (Å²) in [6.45, 7) is 4.84. The monoisotopic (exact) mass is 305 g/mol. The molecular weight excluding hydrogens is 282 g/mol. The Bertz CT molecular complexity index is 642. The lowest BCUT2D eigenvalue weighted by molar-refractivity contribution is -0.0609. The van der Waals surface area contributed by atoms with Crippen molar-refractivity contribution in [1.82, 2.24) is 14.9 Å². The van der Waals surface area contributed by atoms with E-state index in [0.717, 1.165) is 19.3 Å². The Morgan fingerprint density at radius 2 is 2.32 bits per heavy atom. The smallest absolute Gasteiger partial charge is 0.263 e. The molecule has 0 bridgehead atoms. The first kappa shape index (κ1) is 15.2. The van der Waals surface area contributed by atoms with Gasteiger partial charge in [-0.3, -0.25) is 9.59 Å². The third-order valence-electron chi connectivity index (χ3n) is 5.37. The number of aryl methyl sites for hydroxylation is 1. The van der Waals surface area contributed by atoms with Crippen molar-refractivity contribution >= 4 is 5.91 Å². The van der Waals surface area contributed by atoms with E-state index < -0.39 is 11.2 Å². The minimum atomic E-state index is -0.671. The van der Waals surface area contributed by atoms with Crippen molar-refractivity contribution in [3.63, 3.8) is 0 Å². The van der Waals surface area contributed by atoms with Crippen LogP contribution < -0.4 is 5.56 Å². The fourth-order valence-corrected chi connectivity index (χ4v) is 4.04. The quantitative estimate of drug-likeness (QED) is 0.856. The number of amides is 1. The maximum atomic E-state index is 12.6. The average Bonchev–Trinajstić information content (AvgIpc) is 2.92. The van der Waals surface area contributed by atoms with E-state index in [-0.39, 0.29) is 17.4 Å². The Kier molecular flexibility index (Phi) is 3.80. The van der Waals surface area contributed by atoms with Gasteiger partial charge in [0.15, 0.2) is 0 Å². The third-order valence-corrected chi connectivity index (χ3v) is 5.37. The number of carbonyl (C=O) groups excluding carboxylic acids is 1. The van der Waals surface area contributed by atoms with Gasteiger partial charge in [0.05, 0.1) is 5.60 Å². The topological polar surface area (TPSA) is 86.3 Å². The van der Waals surface area contributed by atoms with Crippen molar-refractivity contribution in [3.05, 3.63) is 27.9 Å². The number of fused-ring (bicyclic) bond motifs is 1. The molecule has 0 radical (unpaired) electrons. The second kappa shape index (κ2) is 5.50. The number of rotatable bonds is 2. The van der Waals surface area contributed by atoms with Crippen molar-refractivity contribution in [2.24, 2.45) is 11.8 Å². The van der Waals surface area contributed by atoms with Crippen LogP contribution >= 0.6 is 0 Å². The van der Waals surface area contributed by atoms with Gasteiger partial charge in [-0.25, -0.2) is 4.98 Å². The Hall–Kier alpha value is -1.69. The molecule has 3 rings (SSSR count). The highest BCUT2D eigenvalue weighted by atomic mass is 16.3. The van der Waals surface area contributed by atoms with Crippen molar-refractivity contribution in [2.45, 2.75) is 45.1 Å². The first-order valence-electron chi connectivity index (χ1n) is 8.02. The number of H-pyrrole nitrogens is 1. The summed E-state index contributed by atoms with van der Waals surface area (Å²) in [7, 11) is 0. The summed E-state index contributed by atoms with van der Waals surface area (Å²) in [6.07, 6.45) is 4.91. The molecule has 0 unspecified atom stereocenters. The van der Waals surface area contributed by atoms with E-state index in [1.807, 2.05) is 6.92 Å².